The molecule has 0 aromatic heterocycles. The van der Waals surface area contributed by atoms with E-state index in [-0.39, 0.29) is 30.8 Å². The number of rotatable bonds is 2. The van der Waals surface area contributed by atoms with Crippen LogP contribution in [0.1, 0.15) is 8.42 Å². The predicted octanol–water partition coefficient (Wildman–Crippen LogP) is 2.57. The molecule has 0 heterocycles. The van der Waals surface area contributed by atoms with Gasteiger partial charge in [-0.05, 0) is 10.9 Å². The summed E-state index contributed by atoms with van der Waals surface area (Å²) in [6.07, 6.45) is 1.41. The van der Waals surface area contributed by atoms with Crippen molar-refractivity contribution in [3.8, 4) is 0 Å². The van der Waals surface area contributed by atoms with Crippen molar-refractivity contribution in [1.29, 1.82) is 0 Å². The van der Waals surface area contributed by atoms with E-state index in [4.69, 9.17) is 0 Å². The molecule has 17 heavy (non-hydrogen) atoms. The quantitative estimate of drug-likeness (QED) is 0.667. The predicted molar refractivity (Wildman–Crippen MR) is 71.8 cm³/mol. The van der Waals surface area contributed by atoms with Gasteiger partial charge in [-0.25, -0.2) is 0 Å². The van der Waals surface area contributed by atoms with Gasteiger partial charge in [0, 0.05) is 5.39 Å². The smallest absolute Gasteiger partial charge is 1.00 e. The Bertz CT molecular complexity index is 672. The molecule has 0 aliphatic rings. The van der Waals surface area contributed by atoms with Gasteiger partial charge in [0.2, 0.25) is 0 Å². The number of hydrogen-bond acceptors (Lipinski definition) is 2. The van der Waals surface area contributed by atoms with E-state index < -0.39 is 10.1 Å². The Balaban J connectivity index is 0. The molecule has 5 heteroatoms. The number of benzene rings is 2. The van der Waals surface area contributed by atoms with E-state index in [0.29, 0.717) is 10.9 Å². The molecule has 0 unspecified atom stereocenters. The van der Waals surface area contributed by atoms with Crippen molar-refractivity contribution >= 4 is 50.0 Å². The first-order chi connectivity index (χ1) is 7.54. The summed E-state index contributed by atoms with van der Waals surface area (Å²) in [6.45, 7) is 3.54. The zero-order chi connectivity index (χ0) is 11.8. The fraction of sp³-hybridized carbons (Fsp3) is 0. The van der Waals surface area contributed by atoms with Crippen molar-refractivity contribution in [3.63, 3.8) is 0 Å². The van der Waals surface area contributed by atoms with Gasteiger partial charge >= 0.3 is 23.1 Å². The van der Waals surface area contributed by atoms with Gasteiger partial charge in [0.1, 0.15) is 4.90 Å². The Morgan fingerprint density at radius 2 is 1.82 bits per heavy atom. The molecular formula is C12H12MgO3S. The Morgan fingerprint density at radius 3 is 2.41 bits per heavy atom. The summed E-state index contributed by atoms with van der Waals surface area (Å²) in [4.78, 5) is -0.0828. The van der Waals surface area contributed by atoms with Crippen LogP contribution in [0.25, 0.3) is 16.8 Å². The Kier molecular flexibility index (Phi) is 4.32. The van der Waals surface area contributed by atoms with E-state index in [2.05, 4.69) is 6.58 Å². The van der Waals surface area contributed by atoms with Crippen molar-refractivity contribution in [3.05, 3.63) is 48.5 Å². The second-order valence-corrected chi connectivity index (χ2v) is 4.74. The summed E-state index contributed by atoms with van der Waals surface area (Å²) in [5.74, 6) is 0. The molecule has 0 bridgehead atoms. The minimum absolute atomic E-state index is 0. The third kappa shape index (κ3) is 2.69. The van der Waals surface area contributed by atoms with Gasteiger partial charge < -0.3 is 2.85 Å². The van der Waals surface area contributed by atoms with E-state index in [1.54, 1.807) is 30.3 Å². The van der Waals surface area contributed by atoms with Crippen LogP contribution < -0.4 is 0 Å². The van der Waals surface area contributed by atoms with E-state index >= 15 is 0 Å². The van der Waals surface area contributed by atoms with Crippen LogP contribution in [0.4, 0.5) is 0 Å². The molecule has 2 aromatic rings. The third-order valence-corrected chi connectivity index (χ3v) is 3.36. The molecule has 0 radical (unpaired) electrons. The van der Waals surface area contributed by atoms with Crippen molar-refractivity contribution in [2.45, 2.75) is 4.90 Å². The molecule has 0 amide bonds. The summed E-state index contributed by atoms with van der Waals surface area (Å²) in [5.41, 5.74) is 0.404. The first-order valence-corrected chi connectivity index (χ1v) is 6.10. The van der Waals surface area contributed by atoms with Gasteiger partial charge in [-0.15, -0.1) is 0 Å². The van der Waals surface area contributed by atoms with Gasteiger partial charge in [0.15, 0.2) is 0 Å². The van der Waals surface area contributed by atoms with Crippen LogP contribution in [0, 0.1) is 0 Å². The number of hydrogen-bond donors (Lipinski definition) is 1. The monoisotopic (exact) mass is 260 g/mol. The van der Waals surface area contributed by atoms with Crippen LogP contribution in [0.3, 0.4) is 0 Å². The molecule has 0 fully saturated rings. The first kappa shape index (κ1) is 14.2. The summed E-state index contributed by atoms with van der Waals surface area (Å²) >= 11 is 0. The van der Waals surface area contributed by atoms with Crippen LogP contribution in [0.15, 0.2) is 47.9 Å². The molecule has 0 aliphatic carbocycles. The maximum Gasteiger partial charge on any atom is 2.00 e. The normalized spacial score (nSPS) is 10.9. The topological polar surface area (TPSA) is 54.4 Å². The van der Waals surface area contributed by atoms with E-state index in [9.17, 15) is 13.0 Å². The van der Waals surface area contributed by atoms with E-state index in [1.165, 1.54) is 6.08 Å². The summed E-state index contributed by atoms with van der Waals surface area (Å²) < 4.78 is 31.9. The summed E-state index contributed by atoms with van der Waals surface area (Å²) in [7, 11) is -4.24. The SMILES string of the molecule is C=Cc1ccc2ccccc2c1S(=O)(=O)O.[H-].[H-].[Mg+2]. The second-order valence-electron chi connectivity index (χ2n) is 3.38. The number of fused-ring (bicyclic) bond motifs is 1. The fourth-order valence-corrected chi connectivity index (χ4v) is 2.62. The minimum Gasteiger partial charge on any atom is -1.00 e. The summed E-state index contributed by atoms with van der Waals surface area (Å²) in [6, 6.07) is 10.4. The average Bonchev–Trinajstić information content (AvgIpc) is 2.26. The van der Waals surface area contributed by atoms with Gasteiger partial charge in [0.05, 0.1) is 0 Å². The molecule has 2 aromatic carbocycles. The van der Waals surface area contributed by atoms with E-state index in [1.807, 2.05) is 6.07 Å². The second kappa shape index (κ2) is 5.18. The zero-order valence-corrected chi connectivity index (χ0v) is 11.4. The first-order valence-electron chi connectivity index (χ1n) is 4.65. The molecule has 2 rings (SSSR count). The van der Waals surface area contributed by atoms with Crippen LogP contribution in [-0.4, -0.2) is 36.0 Å². The Morgan fingerprint density at radius 1 is 1.18 bits per heavy atom. The molecule has 0 saturated carbocycles. The van der Waals surface area contributed by atoms with Gasteiger partial charge in [0.25, 0.3) is 10.1 Å². The molecule has 0 aliphatic heterocycles. The molecule has 1 N–H and O–H groups in total. The van der Waals surface area contributed by atoms with Crippen LogP contribution in [0.5, 0.6) is 0 Å². The van der Waals surface area contributed by atoms with Crippen molar-refractivity contribution in [2.75, 3.05) is 0 Å². The van der Waals surface area contributed by atoms with Gasteiger partial charge in [-0.3, -0.25) is 4.55 Å². The maximum atomic E-state index is 11.3. The largest absolute Gasteiger partial charge is 2.00 e. The third-order valence-electron chi connectivity index (χ3n) is 2.39. The van der Waals surface area contributed by atoms with Crippen molar-refractivity contribution in [2.24, 2.45) is 0 Å². The van der Waals surface area contributed by atoms with Crippen LogP contribution in [-0.2, 0) is 10.1 Å². The Labute approximate surface area is 119 Å². The maximum absolute atomic E-state index is 11.3. The standard InChI is InChI=1S/C12H10O3S.Mg.2H/c1-2-9-7-8-10-5-3-4-6-11(10)12(9)16(13,14)15;;;/h2-8H,1H2,(H,13,14,15);;;/q;+2;2*-1. The summed E-state index contributed by atoms with van der Waals surface area (Å²) in [5, 5.41) is 1.27. The van der Waals surface area contributed by atoms with Gasteiger partial charge in [-0.2, -0.15) is 8.42 Å². The molecule has 0 spiro atoms. The molecule has 0 atom stereocenters. The zero-order valence-electron chi connectivity index (χ0n) is 11.1. The Hall–Kier alpha value is -0.884. The van der Waals surface area contributed by atoms with Crippen molar-refractivity contribution in [1.82, 2.24) is 0 Å². The molecule has 0 saturated heterocycles. The van der Waals surface area contributed by atoms with Crippen molar-refractivity contribution < 1.29 is 15.8 Å². The average molecular weight is 261 g/mol. The van der Waals surface area contributed by atoms with Crippen LogP contribution in [0.2, 0.25) is 0 Å². The molecular weight excluding hydrogens is 249 g/mol. The van der Waals surface area contributed by atoms with Gasteiger partial charge in [-0.1, -0.05) is 49.1 Å². The molecule has 3 nitrogen and oxygen atoms in total. The fourth-order valence-electron chi connectivity index (χ4n) is 1.71. The van der Waals surface area contributed by atoms with Crippen LogP contribution >= 0.6 is 0 Å². The van der Waals surface area contributed by atoms with E-state index in [0.717, 1.165) is 5.39 Å². The molecule has 86 valence electrons. The minimum atomic E-state index is -4.24.